The van der Waals surface area contributed by atoms with Crippen molar-refractivity contribution < 1.29 is 4.79 Å². The predicted molar refractivity (Wildman–Crippen MR) is 87.6 cm³/mol. The molecule has 1 saturated carbocycles. The third-order valence-corrected chi connectivity index (χ3v) is 5.03. The zero-order valence-corrected chi connectivity index (χ0v) is 14.1. The Morgan fingerprint density at radius 3 is 2.38 bits per heavy atom. The lowest BCUT2D eigenvalue weighted by Gasteiger charge is -2.39. The lowest BCUT2D eigenvalue weighted by Crippen LogP contribution is -2.51. The highest BCUT2D eigenvalue weighted by atomic mass is 16.2. The number of likely N-dealkylation sites (tertiary alicyclic amines) is 1. The zero-order chi connectivity index (χ0) is 17.4. The van der Waals surface area contributed by atoms with Crippen LogP contribution in [0.4, 0.5) is 0 Å². The highest BCUT2D eigenvalue weighted by molar-refractivity contribution is 5.76. The molecule has 2 aliphatic rings. The Morgan fingerprint density at radius 1 is 1.21 bits per heavy atom. The largest absolute Gasteiger partial charge is 0.336 e. The number of amides is 1. The second-order valence-electron chi connectivity index (χ2n) is 6.90. The summed E-state index contributed by atoms with van der Waals surface area (Å²) in [7, 11) is 0. The first-order valence-electron chi connectivity index (χ1n) is 8.51. The molecule has 1 aliphatic heterocycles. The minimum absolute atomic E-state index is 0.0411. The van der Waals surface area contributed by atoms with E-state index in [1.165, 1.54) is 10.8 Å². The van der Waals surface area contributed by atoms with Crippen molar-refractivity contribution in [3.63, 3.8) is 0 Å². The summed E-state index contributed by atoms with van der Waals surface area (Å²) in [4.78, 5) is 39.4. The summed E-state index contributed by atoms with van der Waals surface area (Å²) >= 11 is 0. The maximum Gasteiger partial charge on any atom is 0.331 e. The molecule has 128 valence electrons. The van der Waals surface area contributed by atoms with E-state index in [0.717, 1.165) is 36.7 Å². The number of carbonyl (C=O) groups excluding carboxylic acids is 1. The Morgan fingerprint density at radius 2 is 1.83 bits per heavy atom. The molecule has 0 aromatic carbocycles. The van der Waals surface area contributed by atoms with Crippen molar-refractivity contribution in [3.8, 4) is 6.07 Å². The molecule has 2 heterocycles. The van der Waals surface area contributed by atoms with Crippen molar-refractivity contribution in [1.82, 2.24) is 14.0 Å². The van der Waals surface area contributed by atoms with Gasteiger partial charge < -0.3 is 4.90 Å². The van der Waals surface area contributed by atoms with Crippen molar-refractivity contribution >= 4 is 5.91 Å². The molecule has 1 aromatic heterocycles. The smallest absolute Gasteiger partial charge is 0.331 e. The van der Waals surface area contributed by atoms with Crippen LogP contribution in [0.1, 0.15) is 57.6 Å². The van der Waals surface area contributed by atoms with E-state index in [9.17, 15) is 14.4 Å². The van der Waals surface area contributed by atoms with Gasteiger partial charge in [-0.25, -0.2) is 9.36 Å². The molecule has 1 aromatic rings. The Kier molecular flexibility index (Phi) is 4.31. The van der Waals surface area contributed by atoms with E-state index in [4.69, 9.17) is 5.26 Å². The van der Waals surface area contributed by atoms with Crippen LogP contribution in [-0.4, -0.2) is 32.0 Å². The molecule has 0 radical (unpaired) electrons. The van der Waals surface area contributed by atoms with Gasteiger partial charge in [0.15, 0.2) is 0 Å². The molecular weight excluding hydrogens is 308 g/mol. The summed E-state index contributed by atoms with van der Waals surface area (Å²) < 4.78 is 2.35. The molecular formula is C17H22N4O3. The molecule has 2 atom stereocenters. The number of rotatable bonds is 3. The standard InChI is InChI=1S/C17H22N4O3/c1-11-4-3-5-12(2)21(11)15(22)10-20-16(23)13(8-18)9-19(17(20)24)14-6-7-14/h9,11-12,14H,3-7,10H2,1-2H3/t11-,12-/m0/s1. The first kappa shape index (κ1) is 16.5. The van der Waals surface area contributed by atoms with Gasteiger partial charge in [0.2, 0.25) is 5.91 Å². The average molecular weight is 330 g/mol. The van der Waals surface area contributed by atoms with Crippen LogP contribution >= 0.6 is 0 Å². The van der Waals surface area contributed by atoms with E-state index in [-0.39, 0.29) is 36.1 Å². The van der Waals surface area contributed by atoms with Crippen LogP contribution in [0.5, 0.6) is 0 Å². The fraction of sp³-hybridized carbons (Fsp3) is 0.647. The second kappa shape index (κ2) is 6.27. The molecule has 2 fully saturated rings. The maximum absolute atomic E-state index is 12.7. The van der Waals surface area contributed by atoms with Crippen LogP contribution in [0, 0.1) is 11.3 Å². The van der Waals surface area contributed by atoms with Gasteiger partial charge in [0.1, 0.15) is 18.2 Å². The van der Waals surface area contributed by atoms with Crippen LogP contribution in [0.25, 0.3) is 0 Å². The molecule has 1 saturated heterocycles. The summed E-state index contributed by atoms with van der Waals surface area (Å²) in [6.07, 6.45) is 5.97. The lowest BCUT2D eigenvalue weighted by molar-refractivity contribution is -0.138. The quantitative estimate of drug-likeness (QED) is 0.827. The van der Waals surface area contributed by atoms with Gasteiger partial charge in [0, 0.05) is 24.3 Å². The van der Waals surface area contributed by atoms with E-state index >= 15 is 0 Å². The first-order valence-corrected chi connectivity index (χ1v) is 8.51. The van der Waals surface area contributed by atoms with Gasteiger partial charge in [-0.05, 0) is 46.0 Å². The fourth-order valence-electron chi connectivity index (χ4n) is 3.58. The molecule has 7 heteroatoms. The maximum atomic E-state index is 12.7. The molecule has 1 aliphatic carbocycles. The Labute approximate surface area is 140 Å². The normalized spacial score (nSPS) is 23.8. The third-order valence-electron chi connectivity index (χ3n) is 5.03. The summed E-state index contributed by atoms with van der Waals surface area (Å²) in [6.45, 7) is 3.68. The summed E-state index contributed by atoms with van der Waals surface area (Å²) in [5, 5.41) is 9.15. The molecule has 0 N–H and O–H groups in total. The van der Waals surface area contributed by atoms with Gasteiger partial charge in [-0.3, -0.25) is 14.2 Å². The number of carbonyl (C=O) groups is 1. The van der Waals surface area contributed by atoms with Crippen LogP contribution in [0.2, 0.25) is 0 Å². The number of nitrogens with zero attached hydrogens (tertiary/aromatic N) is 4. The summed E-state index contributed by atoms with van der Waals surface area (Å²) in [6, 6.07) is 2.08. The van der Waals surface area contributed by atoms with Crippen molar-refractivity contribution in [1.29, 1.82) is 5.26 Å². The lowest BCUT2D eigenvalue weighted by atomic mass is 9.97. The Hall–Kier alpha value is -2.36. The predicted octanol–water partition coefficient (Wildman–Crippen LogP) is 1.01. The van der Waals surface area contributed by atoms with Crippen LogP contribution in [0.3, 0.4) is 0 Å². The fourth-order valence-corrected chi connectivity index (χ4v) is 3.58. The van der Waals surface area contributed by atoms with E-state index < -0.39 is 11.2 Å². The van der Waals surface area contributed by atoms with E-state index in [1.54, 1.807) is 4.90 Å². The Bertz CT molecular complexity index is 803. The number of nitriles is 1. The van der Waals surface area contributed by atoms with Gasteiger partial charge in [-0.1, -0.05) is 0 Å². The molecule has 24 heavy (non-hydrogen) atoms. The van der Waals surface area contributed by atoms with Crippen molar-refractivity contribution in [2.24, 2.45) is 0 Å². The highest BCUT2D eigenvalue weighted by Gasteiger charge is 2.31. The second-order valence-corrected chi connectivity index (χ2v) is 6.90. The Balaban J connectivity index is 1.96. The topological polar surface area (TPSA) is 88.1 Å². The monoisotopic (exact) mass is 330 g/mol. The molecule has 0 bridgehead atoms. The minimum Gasteiger partial charge on any atom is -0.336 e. The van der Waals surface area contributed by atoms with Gasteiger partial charge in [0.05, 0.1) is 0 Å². The zero-order valence-electron chi connectivity index (χ0n) is 14.1. The van der Waals surface area contributed by atoms with E-state index in [0.29, 0.717) is 0 Å². The van der Waals surface area contributed by atoms with Crippen molar-refractivity contribution in [3.05, 3.63) is 32.6 Å². The minimum atomic E-state index is -0.676. The van der Waals surface area contributed by atoms with Crippen molar-refractivity contribution in [2.75, 3.05) is 0 Å². The van der Waals surface area contributed by atoms with Crippen molar-refractivity contribution in [2.45, 2.75) is 70.6 Å². The number of hydrogen-bond acceptors (Lipinski definition) is 4. The van der Waals surface area contributed by atoms with Gasteiger partial charge in [-0.2, -0.15) is 5.26 Å². The molecule has 3 rings (SSSR count). The van der Waals surface area contributed by atoms with E-state index in [2.05, 4.69) is 0 Å². The molecule has 0 unspecified atom stereocenters. The van der Waals surface area contributed by atoms with Crippen LogP contribution in [0.15, 0.2) is 15.8 Å². The van der Waals surface area contributed by atoms with E-state index in [1.807, 2.05) is 19.9 Å². The molecule has 0 spiro atoms. The van der Waals surface area contributed by atoms with Crippen LogP contribution < -0.4 is 11.2 Å². The van der Waals surface area contributed by atoms with Gasteiger partial charge >= 0.3 is 5.69 Å². The number of piperidine rings is 1. The average Bonchev–Trinajstić information content (AvgIpc) is 3.36. The summed E-state index contributed by atoms with van der Waals surface area (Å²) in [5.41, 5.74) is -1.26. The molecule has 1 amide bonds. The van der Waals surface area contributed by atoms with Gasteiger partial charge in [-0.15, -0.1) is 0 Å². The molecule has 7 nitrogen and oxygen atoms in total. The number of hydrogen-bond donors (Lipinski definition) is 0. The third kappa shape index (κ3) is 2.88. The summed E-state index contributed by atoms with van der Waals surface area (Å²) in [5.74, 6) is -0.230. The van der Waals surface area contributed by atoms with Gasteiger partial charge in [0.25, 0.3) is 5.56 Å². The first-order chi connectivity index (χ1) is 11.4. The van der Waals surface area contributed by atoms with Crippen LogP contribution in [-0.2, 0) is 11.3 Å². The SMILES string of the molecule is C[C@H]1CCC[C@H](C)N1C(=O)Cn1c(=O)c(C#N)cn(C2CC2)c1=O. The number of aromatic nitrogens is 2. The highest BCUT2D eigenvalue weighted by Crippen LogP contribution is 2.33.